The normalized spacial score (nSPS) is 16.0. The number of nitrogens with zero attached hydrogens (tertiary/aromatic N) is 2. The Labute approximate surface area is 134 Å². The third-order valence-electron chi connectivity index (χ3n) is 4.05. The molecule has 0 spiro atoms. The summed E-state index contributed by atoms with van der Waals surface area (Å²) in [6.45, 7) is 2.56. The maximum absolute atomic E-state index is 12.5. The second kappa shape index (κ2) is 8.34. The molecule has 0 N–H and O–H groups in total. The van der Waals surface area contributed by atoms with Crippen molar-refractivity contribution in [1.82, 2.24) is 10.2 Å². The molecule has 1 aliphatic heterocycles. The Hall–Kier alpha value is -1.56. The topological polar surface area (TPSA) is 34.4 Å². The number of carbonyl (C=O) groups is 1. The van der Waals surface area contributed by atoms with E-state index in [0.717, 1.165) is 69.4 Å². The van der Waals surface area contributed by atoms with E-state index in [9.17, 15) is 18.0 Å². The first-order valence-corrected chi connectivity index (χ1v) is 8.04. The van der Waals surface area contributed by atoms with Gasteiger partial charge < -0.3 is 4.90 Å². The lowest BCUT2D eigenvalue weighted by Gasteiger charge is -2.26. The first-order chi connectivity index (χ1) is 11.0. The smallest absolute Gasteiger partial charge is 0.340 e. The third-order valence-corrected chi connectivity index (χ3v) is 4.05. The number of carbonyl (C=O) groups excluding carboxylic acids is 1. The molecule has 1 fully saturated rings. The van der Waals surface area contributed by atoms with E-state index in [-0.39, 0.29) is 5.91 Å². The zero-order valence-electron chi connectivity index (χ0n) is 13.1. The third kappa shape index (κ3) is 5.86. The number of rotatable bonds is 7. The summed E-state index contributed by atoms with van der Waals surface area (Å²) in [5.74, 6) is 0.112. The van der Waals surface area contributed by atoms with Crippen molar-refractivity contribution in [2.24, 2.45) is 0 Å². The second-order valence-electron chi connectivity index (χ2n) is 5.85. The van der Waals surface area contributed by atoms with Gasteiger partial charge in [-0.05, 0) is 37.0 Å². The van der Waals surface area contributed by atoms with Crippen LogP contribution in [0.5, 0.6) is 0 Å². The Morgan fingerprint density at radius 1 is 1.04 bits per heavy atom. The van der Waals surface area contributed by atoms with Crippen LogP contribution in [0.2, 0.25) is 0 Å². The predicted octanol–water partition coefficient (Wildman–Crippen LogP) is 3.25. The van der Waals surface area contributed by atoms with Crippen LogP contribution in [0.25, 0.3) is 0 Å². The fourth-order valence-electron chi connectivity index (χ4n) is 2.67. The monoisotopic (exact) mass is 327 g/mol. The second-order valence-corrected chi connectivity index (χ2v) is 5.85. The van der Waals surface area contributed by atoms with Gasteiger partial charge in [-0.1, -0.05) is 25.0 Å². The summed E-state index contributed by atoms with van der Waals surface area (Å²) in [5.41, 5.74) is 0.338. The van der Waals surface area contributed by atoms with Gasteiger partial charge in [0.25, 0.3) is 0 Å². The van der Waals surface area contributed by atoms with Gasteiger partial charge in [-0.3, -0.25) is 4.79 Å². The molecule has 127 valence electrons. The number of halogens is 3. The van der Waals surface area contributed by atoms with Crippen molar-refractivity contribution < 1.29 is 18.0 Å². The molecular formula is C17H22F3N2O. The molecule has 1 amide bonds. The van der Waals surface area contributed by atoms with Crippen LogP contribution >= 0.6 is 0 Å². The van der Waals surface area contributed by atoms with Gasteiger partial charge in [-0.15, -0.1) is 0 Å². The Balaban J connectivity index is 1.59. The van der Waals surface area contributed by atoms with E-state index in [1.165, 1.54) is 0 Å². The van der Waals surface area contributed by atoms with Gasteiger partial charge in [0.05, 0.1) is 12.1 Å². The van der Waals surface area contributed by atoms with E-state index in [2.05, 4.69) is 5.32 Å². The van der Waals surface area contributed by atoms with Crippen molar-refractivity contribution in [3.8, 4) is 0 Å². The van der Waals surface area contributed by atoms with E-state index in [1.54, 1.807) is 12.1 Å². The van der Waals surface area contributed by atoms with Crippen LogP contribution < -0.4 is 5.32 Å². The van der Waals surface area contributed by atoms with Gasteiger partial charge in [0.2, 0.25) is 5.91 Å². The van der Waals surface area contributed by atoms with Crippen LogP contribution in [0.4, 0.5) is 13.2 Å². The molecule has 1 radical (unpaired) electrons. The molecule has 2 rings (SSSR count). The zero-order valence-corrected chi connectivity index (χ0v) is 13.1. The molecule has 23 heavy (non-hydrogen) atoms. The minimum absolute atomic E-state index is 0.112. The van der Waals surface area contributed by atoms with Gasteiger partial charge in [-0.2, -0.15) is 13.2 Å². The molecule has 3 nitrogen and oxygen atoms in total. The standard InChI is InChI=1S/C17H22F3N2O/c18-17(19,20)15-8-6-14(7-9-15)5-3-1-2-4-11-22-12-10-21-13-16(22)23/h6-9H,1-5,10-13H2. The summed E-state index contributed by atoms with van der Waals surface area (Å²) >= 11 is 0. The predicted molar refractivity (Wildman–Crippen MR) is 82.1 cm³/mol. The van der Waals surface area contributed by atoms with Crippen LogP contribution in [-0.4, -0.2) is 37.0 Å². The summed E-state index contributed by atoms with van der Waals surface area (Å²) in [6.07, 6.45) is 0.500. The Morgan fingerprint density at radius 3 is 2.39 bits per heavy atom. The molecule has 1 aromatic rings. The number of hydrogen-bond acceptors (Lipinski definition) is 1. The lowest BCUT2D eigenvalue weighted by Crippen LogP contribution is -2.45. The minimum Gasteiger partial charge on any atom is -0.340 e. The summed E-state index contributed by atoms with van der Waals surface area (Å²) in [6, 6.07) is 5.39. The molecule has 1 heterocycles. The van der Waals surface area contributed by atoms with E-state index in [1.807, 2.05) is 4.90 Å². The number of unbranched alkanes of at least 4 members (excludes halogenated alkanes) is 3. The summed E-state index contributed by atoms with van der Waals surface area (Å²) < 4.78 is 37.4. The molecule has 0 bridgehead atoms. The van der Waals surface area contributed by atoms with Gasteiger partial charge in [0.1, 0.15) is 0 Å². The highest BCUT2D eigenvalue weighted by Gasteiger charge is 2.29. The Bertz CT molecular complexity index is 500. The molecule has 0 aliphatic carbocycles. The van der Waals surface area contributed by atoms with E-state index < -0.39 is 11.7 Å². The van der Waals surface area contributed by atoms with E-state index in [0.29, 0.717) is 6.54 Å². The first-order valence-electron chi connectivity index (χ1n) is 8.04. The van der Waals surface area contributed by atoms with Crippen LogP contribution in [0, 0.1) is 0 Å². The van der Waals surface area contributed by atoms with Crippen molar-refractivity contribution in [2.75, 3.05) is 26.2 Å². The van der Waals surface area contributed by atoms with Gasteiger partial charge >= 0.3 is 6.18 Å². The molecule has 1 aromatic carbocycles. The maximum atomic E-state index is 12.5. The molecular weight excluding hydrogens is 305 g/mol. The van der Waals surface area contributed by atoms with Crippen LogP contribution in [0.3, 0.4) is 0 Å². The first kappa shape index (κ1) is 17.8. The van der Waals surface area contributed by atoms with E-state index in [4.69, 9.17) is 0 Å². The highest BCUT2D eigenvalue weighted by Crippen LogP contribution is 2.29. The van der Waals surface area contributed by atoms with Crippen molar-refractivity contribution >= 4 is 5.91 Å². The van der Waals surface area contributed by atoms with Crippen molar-refractivity contribution in [2.45, 2.75) is 38.3 Å². The van der Waals surface area contributed by atoms with Crippen LogP contribution in [0.15, 0.2) is 24.3 Å². The molecule has 0 atom stereocenters. The fraction of sp³-hybridized carbons (Fsp3) is 0.588. The summed E-state index contributed by atoms with van der Waals surface area (Å²) in [7, 11) is 0. The number of piperazine rings is 1. The van der Waals surface area contributed by atoms with E-state index >= 15 is 0 Å². The maximum Gasteiger partial charge on any atom is 0.416 e. The number of alkyl halides is 3. The fourth-order valence-corrected chi connectivity index (χ4v) is 2.67. The highest BCUT2D eigenvalue weighted by molar-refractivity contribution is 5.78. The molecule has 1 saturated heterocycles. The molecule has 1 aliphatic rings. The Morgan fingerprint density at radius 2 is 1.74 bits per heavy atom. The van der Waals surface area contributed by atoms with Crippen molar-refractivity contribution in [3.05, 3.63) is 35.4 Å². The van der Waals surface area contributed by atoms with Crippen LogP contribution in [-0.2, 0) is 17.4 Å². The molecule has 6 heteroatoms. The highest BCUT2D eigenvalue weighted by atomic mass is 19.4. The lowest BCUT2D eigenvalue weighted by atomic mass is 10.0. The quantitative estimate of drug-likeness (QED) is 0.708. The van der Waals surface area contributed by atoms with Crippen LogP contribution in [0.1, 0.15) is 36.8 Å². The average molecular weight is 327 g/mol. The largest absolute Gasteiger partial charge is 0.416 e. The molecule has 0 saturated carbocycles. The van der Waals surface area contributed by atoms with Crippen molar-refractivity contribution in [1.29, 1.82) is 0 Å². The number of hydrogen-bond donors (Lipinski definition) is 0. The number of benzene rings is 1. The summed E-state index contributed by atoms with van der Waals surface area (Å²) in [4.78, 5) is 13.4. The van der Waals surface area contributed by atoms with Crippen molar-refractivity contribution in [3.63, 3.8) is 0 Å². The number of amides is 1. The SMILES string of the molecule is O=C1C[N]CCN1CCCCCCc1ccc(C(F)(F)F)cc1. The van der Waals surface area contributed by atoms with Gasteiger partial charge in [0.15, 0.2) is 0 Å². The Kier molecular flexibility index (Phi) is 6.45. The van der Waals surface area contributed by atoms with Gasteiger partial charge in [0, 0.05) is 19.6 Å². The number of aryl methyl sites for hydroxylation is 1. The molecule has 0 unspecified atom stereocenters. The minimum atomic E-state index is -4.27. The molecule has 0 aromatic heterocycles. The lowest BCUT2D eigenvalue weighted by molar-refractivity contribution is -0.137. The average Bonchev–Trinajstić information content (AvgIpc) is 2.52. The summed E-state index contributed by atoms with van der Waals surface area (Å²) in [5, 5.41) is 4.06. The van der Waals surface area contributed by atoms with Gasteiger partial charge in [-0.25, -0.2) is 5.32 Å². The zero-order chi connectivity index (χ0) is 16.7.